The van der Waals surface area contributed by atoms with Crippen molar-refractivity contribution in [3.05, 3.63) is 35.6 Å². The zero-order valence-electron chi connectivity index (χ0n) is 9.84. The van der Waals surface area contributed by atoms with Crippen molar-refractivity contribution in [3.8, 4) is 0 Å². The number of rotatable bonds is 6. The van der Waals surface area contributed by atoms with Gasteiger partial charge in [-0.3, -0.25) is 4.79 Å². The standard InChI is InChI=1S/C11H14FNO4S/c1-2-13(7-11(14)15)18(16,17)8-9-3-5-10(12)6-4-9/h3-6H,2,7-8H2,1H3,(H,14,15). The van der Waals surface area contributed by atoms with Crippen LogP contribution in [0.1, 0.15) is 12.5 Å². The van der Waals surface area contributed by atoms with Crippen LogP contribution < -0.4 is 0 Å². The molecule has 1 aromatic rings. The maximum Gasteiger partial charge on any atom is 0.318 e. The fraction of sp³-hybridized carbons (Fsp3) is 0.364. The summed E-state index contributed by atoms with van der Waals surface area (Å²) >= 11 is 0. The molecule has 0 aliphatic heterocycles. The predicted octanol–water partition coefficient (Wildman–Crippen LogP) is 1.06. The lowest BCUT2D eigenvalue weighted by molar-refractivity contribution is -0.137. The lowest BCUT2D eigenvalue weighted by Crippen LogP contribution is -2.36. The fourth-order valence-corrected chi connectivity index (χ4v) is 2.94. The van der Waals surface area contributed by atoms with Crippen LogP contribution in [0.4, 0.5) is 4.39 Å². The van der Waals surface area contributed by atoms with Crippen molar-refractivity contribution in [2.75, 3.05) is 13.1 Å². The number of hydrogen-bond donors (Lipinski definition) is 1. The zero-order chi connectivity index (χ0) is 13.8. The van der Waals surface area contributed by atoms with E-state index in [1.807, 2.05) is 0 Å². The second-order valence-corrected chi connectivity index (χ2v) is 5.67. The van der Waals surface area contributed by atoms with Crippen LogP contribution in [0, 0.1) is 5.82 Å². The highest BCUT2D eigenvalue weighted by atomic mass is 32.2. The van der Waals surface area contributed by atoms with Gasteiger partial charge in [-0.1, -0.05) is 19.1 Å². The minimum atomic E-state index is -3.70. The van der Waals surface area contributed by atoms with Gasteiger partial charge in [0.15, 0.2) is 0 Å². The summed E-state index contributed by atoms with van der Waals surface area (Å²) in [6.45, 7) is 1.07. The molecule has 0 saturated heterocycles. The van der Waals surface area contributed by atoms with Crippen LogP contribution in [-0.4, -0.2) is 36.9 Å². The Morgan fingerprint density at radius 1 is 1.33 bits per heavy atom. The summed E-state index contributed by atoms with van der Waals surface area (Å²) in [7, 11) is -3.70. The zero-order valence-corrected chi connectivity index (χ0v) is 10.7. The largest absolute Gasteiger partial charge is 0.480 e. The van der Waals surface area contributed by atoms with Crippen LogP contribution in [0.15, 0.2) is 24.3 Å². The van der Waals surface area contributed by atoms with Crippen molar-refractivity contribution in [3.63, 3.8) is 0 Å². The van der Waals surface area contributed by atoms with Crippen LogP contribution in [0.25, 0.3) is 0 Å². The molecule has 0 aliphatic rings. The van der Waals surface area contributed by atoms with Crippen LogP contribution in [0.5, 0.6) is 0 Å². The average Bonchev–Trinajstić information content (AvgIpc) is 2.28. The minimum absolute atomic E-state index is 0.0792. The number of hydrogen-bond acceptors (Lipinski definition) is 3. The van der Waals surface area contributed by atoms with Gasteiger partial charge >= 0.3 is 5.97 Å². The summed E-state index contributed by atoms with van der Waals surface area (Å²) < 4.78 is 37.4. The van der Waals surface area contributed by atoms with Crippen molar-refractivity contribution in [1.29, 1.82) is 0 Å². The molecule has 0 amide bonds. The molecule has 0 heterocycles. The first-order valence-electron chi connectivity index (χ1n) is 5.29. The number of benzene rings is 1. The van der Waals surface area contributed by atoms with Crippen molar-refractivity contribution in [2.24, 2.45) is 0 Å². The molecule has 0 aliphatic carbocycles. The van der Waals surface area contributed by atoms with Gasteiger partial charge in [0.05, 0.1) is 5.75 Å². The number of halogens is 1. The third kappa shape index (κ3) is 4.08. The number of aliphatic carboxylic acids is 1. The maximum atomic E-state index is 12.7. The van der Waals surface area contributed by atoms with Gasteiger partial charge in [-0.25, -0.2) is 12.8 Å². The first-order valence-corrected chi connectivity index (χ1v) is 6.90. The fourth-order valence-electron chi connectivity index (χ4n) is 1.44. The number of likely N-dealkylation sites (N-methyl/N-ethyl adjacent to an activating group) is 1. The van der Waals surface area contributed by atoms with Gasteiger partial charge < -0.3 is 5.11 Å². The molecule has 1 rings (SSSR count). The monoisotopic (exact) mass is 275 g/mol. The Morgan fingerprint density at radius 2 is 1.89 bits per heavy atom. The molecule has 0 fully saturated rings. The molecule has 0 atom stereocenters. The molecule has 0 aromatic heterocycles. The van der Waals surface area contributed by atoms with Crippen LogP contribution >= 0.6 is 0 Å². The van der Waals surface area contributed by atoms with Gasteiger partial charge in [0.2, 0.25) is 10.0 Å². The van der Waals surface area contributed by atoms with E-state index in [0.29, 0.717) is 5.56 Å². The lowest BCUT2D eigenvalue weighted by atomic mass is 10.2. The second-order valence-electron chi connectivity index (χ2n) is 3.70. The van der Waals surface area contributed by atoms with Gasteiger partial charge in [-0.15, -0.1) is 0 Å². The quantitative estimate of drug-likeness (QED) is 0.842. The van der Waals surface area contributed by atoms with Crippen molar-refractivity contribution < 1.29 is 22.7 Å². The Bertz CT molecular complexity index is 512. The molecule has 0 saturated carbocycles. The van der Waals surface area contributed by atoms with Gasteiger partial charge in [0.1, 0.15) is 12.4 Å². The van der Waals surface area contributed by atoms with Gasteiger partial charge in [-0.05, 0) is 17.7 Å². The Morgan fingerprint density at radius 3 is 2.33 bits per heavy atom. The molecular formula is C11H14FNO4S. The number of nitrogens with zero attached hydrogens (tertiary/aromatic N) is 1. The summed E-state index contributed by atoms with van der Waals surface area (Å²) in [5.74, 6) is -2.00. The van der Waals surface area contributed by atoms with E-state index in [4.69, 9.17) is 5.11 Å². The Hall–Kier alpha value is -1.47. The smallest absolute Gasteiger partial charge is 0.318 e. The molecule has 7 heteroatoms. The van der Waals surface area contributed by atoms with E-state index in [-0.39, 0.29) is 12.3 Å². The summed E-state index contributed by atoms with van der Waals surface area (Å²) in [6.07, 6.45) is 0. The van der Waals surface area contributed by atoms with Crippen molar-refractivity contribution in [1.82, 2.24) is 4.31 Å². The molecule has 1 aromatic carbocycles. The average molecular weight is 275 g/mol. The van der Waals surface area contributed by atoms with Crippen LogP contribution in [0.3, 0.4) is 0 Å². The molecule has 0 spiro atoms. The highest BCUT2D eigenvalue weighted by Crippen LogP contribution is 2.11. The third-order valence-corrected chi connectivity index (χ3v) is 4.19. The third-order valence-electron chi connectivity index (χ3n) is 2.32. The van der Waals surface area contributed by atoms with Crippen molar-refractivity contribution >= 4 is 16.0 Å². The lowest BCUT2D eigenvalue weighted by Gasteiger charge is -2.18. The number of carboxylic acids is 1. The van der Waals surface area contributed by atoms with E-state index >= 15 is 0 Å². The number of carboxylic acid groups (broad SMARTS) is 1. The normalized spacial score (nSPS) is 11.7. The first kappa shape index (κ1) is 14.6. The molecule has 0 bridgehead atoms. The van der Waals surface area contributed by atoms with E-state index in [1.54, 1.807) is 6.92 Å². The molecule has 18 heavy (non-hydrogen) atoms. The Balaban J connectivity index is 2.85. The maximum absolute atomic E-state index is 12.7. The van der Waals surface area contributed by atoms with E-state index in [9.17, 15) is 17.6 Å². The van der Waals surface area contributed by atoms with E-state index in [2.05, 4.69) is 0 Å². The van der Waals surface area contributed by atoms with E-state index < -0.39 is 28.4 Å². The highest BCUT2D eigenvalue weighted by molar-refractivity contribution is 7.88. The molecule has 1 N–H and O–H groups in total. The molecule has 5 nitrogen and oxygen atoms in total. The summed E-state index contributed by atoms with van der Waals surface area (Å²) in [4.78, 5) is 10.6. The number of sulfonamides is 1. The summed E-state index contributed by atoms with van der Waals surface area (Å²) in [5.41, 5.74) is 0.417. The second kappa shape index (κ2) is 5.92. The minimum Gasteiger partial charge on any atom is -0.480 e. The summed E-state index contributed by atoms with van der Waals surface area (Å²) in [5, 5.41) is 8.63. The molecular weight excluding hydrogens is 261 g/mol. The Kier molecular flexibility index (Phi) is 4.80. The predicted molar refractivity (Wildman–Crippen MR) is 63.9 cm³/mol. The van der Waals surface area contributed by atoms with E-state index in [1.165, 1.54) is 24.3 Å². The van der Waals surface area contributed by atoms with Gasteiger partial charge in [-0.2, -0.15) is 4.31 Å². The van der Waals surface area contributed by atoms with Crippen molar-refractivity contribution in [2.45, 2.75) is 12.7 Å². The topological polar surface area (TPSA) is 74.7 Å². The van der Waals surface area contributed by atoms with Crippen LogP contribution in [0.2, 0.25) is 0 Å². The number of carbonyl (C=O) groups is 1. The molecule has 100 valence electrons. The van der Waals surface area contributed by atoms with Gasteiger partial charge in [0.25, 0.3) is 0 Å². The highest BCUT2D eigenvalue weighted by Gasteiger charge is 2.23. The van der Waals surface area contributed by atoms with Crippen LogP contribution in [-0.2, 0) is 20.6 Å². The SMILES string of the molecule is CCN(CC(=O)O)S(=O)(=O)Cc1ccc(F)cc1. The Labute approximate surface area is 105 Å². The molecule has 0 unspecified atom stereocenters. The first-order chi connectivity index (χ1) is 8.35. The van der Waals surface area contributed by atoms with Gasteiger partial charge in [0, 0.05) is 6.54 Å². The van der Waals surface area contributed by atoms with E-state index in [0.717, 1.165) is 4.31 Å². The summed E-state index contributed by atoms with van der Waals surface area (Å²) in [6, 6.07) is 5.06. The molecule has 0 radical (unpaired) electrons.